The lowest BCUT2D eigenvalue weighted by atomic mass is 9.96. The van der Waals surface area contributed by atoms with Crippen molar-refractivity contribution in [1.29, 1.82) is 0 Å². The van der Waals surface area contributed by atoms with E-state index in [-0.39, 0.29) is 26.4 Å². The molecule has 0 radical (unpaired) electrons. The highest BCUT2D eigenvalue weighted by Crippen LogP contribution is 2.34. The smallest absolute Gasteiger partial charge is 0.187 e. The van der Waals surface area contributed by atoms with Crippen LogP contribution in [0, 0.1) is 0 Å². The van der Waals surface area contributed by atoms with E-state index in [4.69, 9.17) is 47.4 Å². The molecule has 3 rings (SSSR count). The molecule has 0 bridgehead atoms. The molecule has 42 heavy (non-hydrogen) atoms. The maximum atomic E-state index is 11.4. The Hall–Kier alpha value is -0.680. The number of hydrogen-bond acceptors (Lipinski definition) is 17. The first kappa shape index (κ1) is 35.8. The van der Waals surface area contributed by atoms with Gasteiger partial charge in [-0.15, -0.1) is 0 Å². The minimum Gasteiger partial charge on any atom is -0.391 e. The molecular weight excluding hydrogens is 572 g/mol. The van der Waals surface area contributed by atoms with Crippen LogP contribution >= 0.6 is 0 Å². The van der Waals surface area contributed by atoms with Crippen molar-refractivity contribution < 1.29 is 83.1 Å². The van der Waals surface area contributed by atoms with Gasteiger partial charge in [0.15, 0.2) is 18.9 Å². The number of rotatable bonds is 14. The number of methoxy groups -OCH3 is 4. The van der Waals surface area contributed by atoms with E-state index in [1.165, 1.54) is 35.4 Å². The summed E-state index contributed by atoms with van der Waals surface area (Å²) in [6.07, 6.45) is -20.8. The van der Waals surface area contributed by atoms with E-state index in [1.807, 2.05) is 0 Å². The fourth-order valence-electron chi connectivity index (χ4n) is 5.18. The molecule has 0 aromatic heterocycles. The summed E-state index contributed by atoms with van der Waals surface area (Å²) in [5, 5.41) is 72.9. The fourth-order valence-corrected chi connectivity index (χ4v) is 5.18. The van der Waals surface area contributed by atoms with Gasteiger partial charge in [0, 0.05) is 28.4 Å². The monoisotopic (exact) mass is 618 g/mol. The van der Waals surface area contributed by atoms with Gasteiger partial charge in [-0.3, -0.25) is 0 Å². The van der Waals surface area contributed by atoms with Gasteiger partial charge in [-0.2, -0.15) is 0 Å². The van der Waals surface area contributed by atoms with Gasteiger partial charge in [-0.25, -0.2) is 0 Å². The van der Waals surface area contributed by atoms with Crippen molar-refractivity contribution in [3.05, 3.63) is 0 Å². The number of aliphatic hydroxyl groups is 7. The van der Waals surface area contributed by atoms with Crippen molar-refractivity contribution in [2.24, 2.45) is 0 Å². The predicted molar refractivity (Wildman–Crippen MR) is 136 cm³/mol. The SMILES string of the molecule is COCC1O[C@@H](O[C@H]2C(O)C(O)[C@H](O)O[C@H]2COC)[C@@H](OC)C(O)[C@@H]1O[C@@H]1O[C@@H](COCC(C)O)[C@@H](O)C(O)C1OC. The molecule has 0 aromatic carbocycles. The van der Waals surface area contributed by atoms with Crippen molar-refractivity contribution in [3.63, 3.8) is 0 Å². The summed E-state index contributed by atoms with van der Waals surface area (Å²) in [6, 6.07) is 0. The molecule has 7 N–H and O–H groups in total. The van der Waals surface area contributed by atoms with Crippen molar-refractivity contribution in [1.82, 2.24) is 0 Å². The average Bonchev–Trinajstić information content (AvgIpc) is 2.94. The Morgan fingerprint density at radius 1 is 0.571 bits per heavy atom. The maximum Gasteiger partial charge on any atom is 0.187 e. The molecule has 3 saturated heterocycles. The number of aliphatic hydroxyl groups excluding tert-OH is 7. The third-order valence-electron chi connectivity index (χ3n) is 7.35. The van der Waals surface area contributed by atoms with Crippen molar-refractivity contribution in [2.75, 3.05) is 54.9 Å². The molecule has 16 atom stereocenters. The minimum atomic E-state index is -1.70. The first-order valence-corrected chi connectivity index (χ1v) is 13.6. The zero-order valence-corrected chi connectivity index (χ0v) is 24.3. The standard InChI is InChI=1S/C25H46O17/c1-10(26)6-37-9-11-14(27)15(28)21(35-4)24(39-11)42-20-13(8-34-3)40-25(22(36-5)18(20)31)41-19-12(7-33-2)38-23(32)17(30)16(19)29/h10-32H,6-9H2,1-5H3/t10?,11-,12-,13?,14+,15?,16?,17?,18?,19+,20+,21?,22-,23+,24-,25-/m0/s1. The molecular formula is C25H46O17. The third kappa shape index (κ3) is 8.32. The molecule has 3 aliphatic rings. The van der Waals surface area contributed by atoms with Crippen LogP contribution in [0.5, 0.6) is 0 Å². The second-order valence-electron chi connectivity index (χ2n) is 10.5. The van der Waals surface area contributed by atoms with E-state index < -0.39 is 98.2 Å². The molecule has 0 aliphatic carbocycles. The highest BCUT2D eigenvalue weighted by Gasteiger charge is 2.54. The van der Waals surface area contributed by atoms with Gasteiger partial charge < -0.3 is 83.1 Å². The van der Waals surface area contributed by atoms with E-state index >= 15 is 0 Å². The Morgan fingerprint density at radius 3 is 1.57 bits per heavy atom. The van der Waals surface area contributed by atoms with Crippen molar-refractivity contribution in [2.45, 2.75) is 105 Å². The summed E-state index contributed by atoms with van der Waals surface area (Å²) < 4.78 is 55.9. The zero-order valence-electron chi connectivity index (χ0n) is 24.3. The molecule has 0 spiro atoms. The molecule has 0 aromatic rings. The Bertz CT molecular complexity index is 775. The zero-order chi connectivity index (χ0) is 31.1. The number of ether oxygens (including phenoxy) is 10. The van der Waals surface area contributed by atoms with Crippen LogP contribution in [0.15, 0.2) is 0 Å². The molecule has 0 saturated carbocycles. The Balaban J connectivity index is 1.80. The first-order chi connectivity index (χ1) is 20.0. The van der Waals surface area contributed by atoms with Gasteiger partial charge in [-0.05, 0) is 6.92 Å². The van der Waals surface area contributed by atoms with Gasteiger partial charge in [0.05, 0.1) is 32.5 Å². The highest BCUT2D eigenvalue weighted by atomic mass is 16.8. The van der Waals surface area contributed by atoms with Crippen LogP contribution in [0.2, 0.25) is 0 Å². The van der Waals surface area contributed by atoms with Crippen LogP contribution in [-0.4, -0.2) is 189 Å². The van der Waals surface area contributed by atoms with Crippen LogP contribution in [0.1, 0.15) is 6.92 Å². The lowest BCUT2D eigenvalue weighted by Gasteiger charge is -2.49. The van der Waals surface area contributed by atoms with E-state index in [0.29, 0.717) is 0 Å². The molecule has 0 amide bonds. The van der Waals surface area contributed by atoms with E-state index in [2.05, 4.69) is 0 Å². The Kier molecular flexibility index (Phi) is 14.1. The second kappa shape index (κ2) is 16.6. The summed E-state index contributed by atoms with van der Waals surface area (Å²) in [5.41, 5.74) is 0. The van der Waals surface area contributed by atoms with Crippen molar-refractivity contribution in [3.8, 4) is 0 Å². The van der Waals surface area contributed by atoms with Gasteiger partial charge in [0.2, 0.25) is 0 Å². The second-order valence-corrected chi connectivity index (χ2v) is 10.5. The highest BCUT2D eigenvalue weighted by molar-refractivity contribution is 4.97. The third-order valence-corrected chi connectivity index (χ3v) is 7.35. The molecule has 3 fully saturated rings. The minimum absolute atomic E-state index is 0.0359. The van der Waals surface area contributed by atoms with Crippen LogP contribution in [-0.2, 0) is 47.4 Å². The maximum absolute atomic E-state index is 11.4. The molecule has 248 valence electrons. The van der Waals surface area contributed by atoms with Crippen molar-refractivity contribution >= 4 is 0 Å². The molecule has 17 heteroatoms. The predicted octanol–water partition coefficient (Wildman–Crippen LogP) is -4.55. The van der Waals surface area contributed by atoms with Crippen LogP contribution in [0.4, 0.5) is 0 Å². The van der Waals surface area contributed by atoms with Gasteiger partial charge in [0.1, 0.15) is 73.2 Å². The topological polar surface area (TPSA) is 234 Å². The lowest BCUT2D eigenvalue weighted by Crippen LogP contribution is -2.67. The summed E-state index contributed by atoms with van der Waals surface area (Å²) in [6.45, 7) is 1.07. The summed E-state index contributed by atoms with van der Waals surface area (Å²) in [7, 11) is 5.33. The molecule has 3 heterocycles. The van der Waals surface area contributed by atoms with E-state index in [1.54, 1.807) is 0 Å². The van der Waals surface area contributed by atoms with Gasteiger partial charge in [-0.1, -0.05) is 0 Å². The van der Waals surface area contributed by atoms with Gasteiger partial charge >= 0.3 is 0 Å². The molecule has 7 unspecified atom stereocenters. The van der Waals surface area contributed by atoms with E-state index in [9.17, 15) is 35.7 Å². The Labute approximate surface area is 243 Å². The summed E-state index contributed by atoms with van der Waals surface area (Å²) in [5.74, 6) is 0. The summed E-state index contributed by atoms with van der Waals surface area (Å²) >= 11 is 0. The fraction of sp³-hybridized carbons (Fsp3) is 1.00. The van der Waals surface area contributed by atoms with E-state index in [0.717, 1.165) is 0 Å². The lowest BCUT2D eigenvalue weighted by molar-refractivity contribution is -0.381. The van der Waals surface area contributed by atoms with Crippen LogP contribution in [0.25, 0.3) is 0 Å². The van der Waals surface area contributed by atoms with Crippen LogP contribution < -0.4 is 0 Å². The normalized spacial score (nSPS) is 45.6. The summed E-state index contributed by atoms with van der Waals surface area (Å²) in [4.78, 5) is 0. The number of hydrogen-bond donors (Lipinski definition) is 7. The quantitative estimate of drug-likeness (QED) is 0.0971. The Morgan fingerprint density at radius 2 is 1.05 bits per heavy atom. The first-order valence-electron chi connectivity index (χ1n) is 13.6. The largest absolute Gasteiger partial charge is 0.391 e. The van der Waals surface area contributed by atoms with Crippen LogP contribution in [0.3, 0.4) is 0 Å². The molecule has 3 aliphatic heterocycles. The molecule has 17 nitrogen and oxygen atoms in total. The van der Waals surface area contributed by atoms with Gasteiger partial charge in [0.25, 0.3) is 0 Å². The average molecular weight is 619 g/mol.